The van der Waals surface area contributed by atoms with Crippen molar-refractivity contribution in [2.75, 3.05) is 11.5 Å². The molecule has 8 heteroatoms. The van der Waals surface area contributed by atoms with Gasteiger partial charge in [-0.3, -0.25) is 4.21 Å². The van der Waals surface area contributed by atoms with Crippen LogP contribution in [0.25, 0.3) is 11.0 Å². The van der Waals surface area contributed by atoms with Crippen LogP contribution in [0, 0.1) is 13.8 Å². The first-order valence-electron chi connectivity index (χ1n) is 10.3. The highest BCUT2D eigenvalue weighted by Crippen LogP contribution is 2.27. The van der Waals surface area contributed by atoms with E-state index in [0.717, 1.165) is 66.8 Å². The largest absolute Gasteiger partial charge is 0.382 e. The molecule has 0 aliphatic rings. The third-order valence-corrected chi connectivity index (χ3v) is 7.47. The summed E-state index contributed by atoms with van der Waals surface area (Å²) in [6, 6.07) is 5.12. The Morgan fingerprint density at radius 1 is 1.13 bits per heavy atom. The molecule has 3 rings (SSSR count). The fourth-order valence-electron chi connectivity index (χ4n) is 3.65. The molecule has 0 fully saturated rings. The molecule has 0 aliphatic heterocycles. The number of unbranched alkanes of at least 4 members (excludes halogenated alkanes) is 2. The fraction of sp³-hybridized carbons (Fsp3) is 0.455. The van der Waals surface area contributed by atoms with Crippen LogP contribution in [0.1, 0.15) is 49.7 Å². The molecule has 162 valence electrons. The van der Waals surface area contributed by atoms with Crippen molar-refractivity contribution in [1.29, 1.82) is 0 Å². The molecule has 5 nitrogen and oxygen atoms in total. The Hall–Kier alpha value is -1.63. The van der Waals surface area contributed by atoms with E-state index < -0.39 is 10.8 Å². The van der Waals surface area contributed by atoms with Gasteiger partial charge in [0.2, 0.25) is 0 Å². The van der Waals surface area contributed by atoms with Gasteiger partial charge < -0.3 is 10.3 Å². The maximum atomic E-state index is 12.5. The highest BCUT2D eigenvalue weighted by Gasteiger charge is 2.17. The first kappa shape index (κ1) is 23.0. The Kier molecular flexibility index (Phi) is 7.77. The molecule has 2 aromatic heterocycles. The van der Waals surface area contributed by atoms with E-state index in [4.69, 9.17) is 33.9 Å². The predicted molar refractivity (Wildman–Crippen MR) is 127 cm³/mol. The summed E-state index contributed by atoms with van der Waals surface area (Å²) in [6.07, 6.45) is 4.75. The van der Waals surface area contributed by atoms with Crippen LogP contribution in [-0.4, -0.2) is 24.5 Å². The minimum absolute atomic E-state index is 0.465. The Bertz CT molecular complexity index is 1080. The van der Waals surface area contributed by atoms with Crippen molar-refractivity contribution in [3.05, 3.63) is 45.3 Å². The van der Waals surface area contributed by atoms with Gasteiger partial charge in [-0.2, -0.15) is 0 Å². The van der Waals surface area contributed by atoms with Crippen LogP contribution in [0.3, 0.4) is 0 Å². The second-order valence-electron chi connectivity index (χ2n) is 7.52. The summed E-state index contributed by atoms with van der Waals surface area (Å²) in [5.41, 5.74) is 10.1. The molecule has 0 aliphatic carbocycles. The number of anilines is 1. The van der Waals surface area contributed by atoms with Crippen molar-refractivity contribution in [1.82, 2.24) is 14.5 Å². The number of imidazole rings is 1. The number of fused-ring (bicyclic) bond motifs is 1. The zero-order valence-corrected chi connectivity index (χ0v) is 20.0. The highest BCUT2D eigenvalue weighted by atomic mass is 35.5. The number of hydrogen-bond acceptors (Lipinski definition) is 4. The first-order chi connectivity index (χ1) is 14.3. The average Bonchev–Trinajstić information content (AvgIpc) is 3.05. The highest BCUT2D eigenvalue weighted by molar-refractivity contribution is 7.85. The van der Waals surface area contributed by atoms with E-state index in [1.165, 1.54) is 0 Å². The Morgan fingerprint density at radius 3 is 2.60 bits per heavy atom. The Labute approximate surface area is 190 Å². The van der Waals surface area contributed by atoms with E-state index in [1.807, 2.05) is 6.92 Å². The number of benzene rings is 1. The smallest absolute Gasteiger partial charge is 0.151 e. The molecule has 0 saturated carbocycles. The van der Waals surface area contributed by atoms with Crippen LogP contribution >= 0.6 is 23.2 Å². The molecule has 0 saturated heterocycles. The number of nitrogens with zero attached hydrogens (tertiary/aromatic N) is 3. The lowest BCUT2D eigenvalue weighted by atomic mass is 10.2. The summed E-state index contributed by atoms with van der Waals surface area (Å²) in [4.78, 5) is 9.88. The van der Waals surface area contributed by atoms with Crippen molar-refractivity contribution in [2.24, 2.45) is 0 Å². The molecule has 0 radical (unpaired) electrons. The fourth-order valence-corrected chi connectivity index (χ4v) is 5.50. The van der Waals surface area contributed by atoms with Crippen molar-refractivity contribution in [3.8, 4) is 0 Å². The van der Waals surface area contributed by atoms with E-state index in [9.17, 15) is 4.21 Å². The molecule has 2 heterocycles. The molecule has 1 atom stereocenters. The number of hydrogen-bond donors (Lipinski definition) is 1. The zero-order valence-electron chi connectivity index (χ0n) is 17.7. The molecular weight excluding hydrogens is 439 g/mol. The Morgan fingerprint density at radius 2 is 1.90 bits per heavy atom. The Balaban J connectivity index is 1.66. The summed E-state index contributed by atoms with van der Waals surface area (Å²) in [7, 11) is -1.12. The van der Waals surface area contributed by atoms with Crippen LogP contribution in [0.5, 0.6) is 0 Å². The van der Waals surface area contributed by atoms with E-state index in [1.54, 1.807) is 18.2 Å². The second kappa shape index (κ2) is 10.1. The lowest BCUT2D eigenvalue weighted by Crippen LogP contribution is -2.06. The molecule has 1 unspecified atom stereocenters. The minimum Gasteiger partial charge on any atom is -0.382 e. The normalized spacial score (nSPS) is 12.6. The van der Waals surface area contributed by atoms with Gasteiger partial charge in [0.15, 0.2) is 5.82 Å². The molecule has 0 bridgehead atoms. The topological polar surface area (TPSA) is 73.8 Å². The summed E-state index contributed by atoms with van der Waals surface area (Å²) in [5, 5.41) is 1.02. The SMILES string of the molecule is CCCc1nc2c(N)nc(C)c(C)c2n1CCCCCS(=O)c1ccc(Cl)cc1Cl. The molecule has 0 spiro atoms. The van der Waals surface area contributed by atoms with E-state index in [2.05, 4.69) is 23.4 Å². The van der Waals surface area contributed by atoms with E-state index in [0.29, 0.717) is 26.5 Å². The number of rotatable bonds is 9. The average molecular weight is 467 g/mol. The van der Waals surface area contributed by atoms with Crippen molar-refractivity contribution in [3.63, 3.8) is 0 Å². The molecule has 3 aromatic rings. The van der Waals surface area contributed by atoms with Gasteiger partial charge in [-0.25, -0.2) is 9.97 Å². The zero-order chi connectivity index (χ0) is 21.8. The molecule has 0 amide bonds. The number of pyridine rings is 1. The van der Waals surface area contributed by atoms with Crippen LogP contribution in [0.4, 0.5) is 5.82 Å². The van der Waals surface area contributed by atoms with E-state index in [-0.39, 0.29) is 0 Å². The molecule has 2 N–H and O–H groups in total. The maximum Gasteiger partial charge on any atom is 0.151 e. The molecule has 30 heavy (non-hydrogen) atoms. The van der Waals surface area contributed by atoms with E-state index >= 15 is 0 Å². The lowest BCUT2D eigenvalue weighted by molar-refractivity contribution is 0.587. The number of nitrogen functional groups attached to an aromatic ring is 1. The summed E-state index contributed by atoms with van der Waals surface area (Å²) >= 11 is 12.1. The van der Waals surface area contributed by atoms with Gasteiger partial charge in [0.25, 0.3) is 0 Å². The minimum atomic E-state index is -1.12. The van der Waals surface area contributed by atoms with Gasteiger partial charge in [0, 0.05) is 29.4 Å². The standard InChI is InChI=1S/C22H28Cl2N4OS/c1-4-8-19-27-20-21(14(2)15(3)26-22(20)25)28(19)11-6-5-7-12-30(29)18-10-9-16(23)13-17(18)24/h9-10,13H,4-8,11-12H2,1-3H3,(H2,25,26). The third-order valence-electron chi connectivity index (χ3n) is 5.30. The van der Waals surface area contributed by atoms with Crippen molar-refractivity contribution >= 4 is 50.9 Å². The summed E-state index contributed by atoms with van der Waals surface area (Å²) < 4.78 is 14.8. The van der Waals surface area contributed by atoms with Gasteiger partial charge in [-0.15, -0.1) is 0 Å². The van der Waals surface area contributed by atoms with Crippen LogP contribution in [0.2, 0.25) is 10.0 Å². The number of nitrogens with two attached hydrogens (primary N) is 1. The van der Waals surface area contributed by atoms with Gasteiger partial charge >= 0.3 is 0 Å². The second-order valence-corrected chi connectivity index (χ2v) is 9.90. The molecular formula is C22H28Cl2N4OS. The summed E-state index contributed by atoms with van der Waals surface area (Å²) in [5.74, 6) is 2.15. The summed E-state index contributed by atoms with van der Waals surface area (Å²) in [6.45, 7) is 7.08. The van der Waals surface area contributed by atoms with Gasteiger partial charge in [-0.1, -0.05) is 36.5 Å². The monoisotopic (exact) mass is 466 g/mol. The number of aryl methyl sites for hydroxylation is 4. The maximum absolute atomic E-state index is 12.5. The van der Waals surface area contributed by atoms with Gasteiger partial charge in [0.05, 0.1) is 26.2 Å². The van der Waals surface area contributed by atoms with Crippen molar-refractivity contribution < 1.29 is 4.21 Å². The number of halogens is 2. The third kappa shape index (κ3) is 4.98. The van der Waals surface area contributed by atoms with Gasteiger partial charge in [-0.05, 0) is 56.9 Å². The van der Waals surface area contributed by atoms with Crippen LogP contribution < -0.4 is 5.73 Å². The first-order valence-corrected chi connectivity index (χ1v) is 12.4. The lowest BCUT2D eigenvalue weighted by Gasteiger charge is -2.12. The van der Waals surface area contributed by atoms with Crippen molar-refractivity contribution in [2.45, 2.75) is 64.3 Å². The number of aromatic nitrogens is 3. The quantitative estimate of drug-likeness (QED) is 0.400. The van der Waals surface area contributed by atoms with Gasteiger partial charge in [0.1, 0.15) is 11.3 Å². The van der Waals surface area contributed by atoms with Crippen LogP contribution in [-0.2, 0) is 23.8 Å². The van der Waals surface area contributed by atoms with Crippen LogP contribution in [0.15, 0.2) is 23.1 Å². The predicted octanol–water partition coefficient (Wildman–Crippen LogP) is 5.87. The molecule has 1 aromatic carbocycles.